The van der Waals surface area contributed by atoms with E-state index in [9.17, 15) is 13.2 Å². The van der Waals surface area contributed by atoms with Crippen LogP contribution in [0, 0.1) is 6.92 Å². The molecule has 2 aromatic rings. The van der Waals surface area contributed by atoms with Crippen molar-refractivity contribution in [3.63, 3.8) is 0 Å². The van der Waals surface area contributed by atoms with Crippen molar-refractivity contribution < 1.29 is 17.9 Å². The molecule has 0 aliphatic carbocycles. The van der Waals surface area contributed by atoms with E-state index >= 15 is 0 Å². The van der Waals surface area contributed by atoms with Crippen molar-refractivity contribution in [1.29, 1.82) is 0 Å². The SMILES string of the molecule is Cc1c(Br)cc(OC(F)(F)F)c2c1nnn2C. The second-order valence-electron chi connectivity index (χ2n) is 3.44. The number of halogens is 4. The highest BCUT2D eigenvalue weighted by atomic mass is 79.9. The molecular formula is C9H7BrF3N3O. The summed E-state index contributed by atoms with van der Waals surface area (Å²) in [5.41, 5.74) is 1.30. The molecule has 0 aliphatic heterocycles. The van der Waals surface area contributed by atoms with Crippen LogP contribution in [0.15, 0.2) is 10.5 Å². The van der Waals surface area contributed by atoms with Crippen molar-refractivity contribution in [2.45, 2.75) is 13.3 Å². The first-order valence-electron chi connectivity index (χ1n) is 4.54. The molecule has 0 radical (unpaired) electrons. The zero-order valence-electron chi connectivity index (χ0n) is 8.84. The van der Waals surface area contributed by atoms with E-state index in [1.54, 1.807) is 6.92 Å². The van der Waals surface area contributed by atoms with Crippen LogP contribution in [0.25, 0.3) is 11.0 Å². The summed E-state index contributed by atoms with van der Waals surface area (Å²) in [6, 6.07) is 1.26. The van der Waals surface area contributed by atoms with Gasteiger partial charge in [-0.05, 0) is 18.6 Å². The average Bonchev–Trinajstić information content (AvgIpc) is 2.54. The Balaban J connectivity index is 2.70. The van der Waals surface area contributed by atoms with Crippen LogP contribution in [0.2, 0.25) is 0 Å². The van der Waals surface area contributed by atoms with Gasteiger partial charge in [0.15, 0.2) is 5.75 Å². The summed E-state index contributed by atoms with van der Waals surface area (Å²) in [5.74, 6) is -0.322. The summed E-state index contributed by atoms with van der Waals surface area (Å²) in [4.78, 5) is 0. The molecule has 0 saturated carbocycles. The summed E-state index contributed by atoms with van der Waals surface area (Å²) in [6.45, 7) is 1.73. The fourth-order valence-corrected chi connectivity index (χ4v) is 1.89. The number of hydrogen-bond donors (Lipinski definition) is 0. The van der Waals surface area contributed by atoms with Crippen molar-refractivity contribution in [2.24, 2.45) is 7.05 Å². The second-order valence-corrected chi connectivity index (χ2v) is 4.29. The van der Waals surface area contributed by atoms with Crippen LogP contribution in [0.4, 0.5) is 13.2 Å². The van der Waals surface area contributed by atoms with E-state index in [0.29, 0.717) is 15.6 Å². The maximum atomic E-state index is 12.3. The number of aromatic nitrogens is 3. The molecule has 17 heavy (non-hydrogen) atoms. The Morgan fingerprint density at radius 2 is 2.06 bits per heavy atom. The molecule has 0 bridgehead atoms. The maximum absolute atomic E-state index is 12.3. The molecule has 1 aromatic heterocycles. The predicted molar refractivity (Wildman–Crippen MR) is 57.6 cm³/mol. The molecule has 1 heterocycles. The highest BCUT2D eigenvalue weighted by Crippen LogP contribution is 2.35. The second kappa shape index (κ2) is 3.86. The van der Waals surface area contributed by atoms with Crippen LogP contribution in [0.5, 0.6) is 5.75 Å². The molecule has 1 aromatic carbocycles. The van der Waals surface area contributed by atoms with E-state index in [1.165, 1.54) is 17.8 Å². The minimum absolute atomic E-state index is 0.211. The molecule has 0 aliphatic rings. The van der Waals surface area contributed by atoms with Gasteiger partial charge >= 0.3 is 6.36 Å². The smallest absolute Gasteiger partial charge is 0.403 e. The molecule has 8 heteroatoms. The first kappa shape index (κ1) is 12.2. The zero-order valence-corrected chi connectivity index (χ0v) is 10.4. The number of rotatable bonds is 1. The van der Waals surface area contributed by atoms with Gasteiger partial charge in [0.25, 0.3) is 0 Å². The van der Waals surface area contributed by atoms with Gasteiger partial charge in [-0.15, -0.1) is 18.3 Å². The number of hydrogen-bond acceptors (Lipinski definition) is 3. The average molecular weight is 310 g/mol. The Hall–Kier alpha value is -1.31. The quantitative estimate of drug-likeness (QED) is 0.813. The highest BCUT2D eigenvalue weighted by molar-refractivity contribution is 9.10. The van der Waals surface area contributed by atoms with E-state index in [0.717, 1.165) is 0 Å². The van der Waals surface area contributed by atoms with Crippen LogP contribution in [-0.2, 0) is 7.05 Å². The topological polar surface area (TPSA) is 39.9 Å². The van der Waals surface area contributed by atoms with Crippen LogP contribution in [0.3, 0.4) is 0 Å². The van der Waals surface area contributed by atoms with Gasteiger partial charge in [-0.1, -0.05) is 21.1 Å². The summed E-state index contributed by atoms with van der Waals surface area (Å²) in [7, 11) is 1.51. The molecule has 0 fully saturated rings. The lowest BCUT2D eigenvalue weighted by atomic mass is 10.2. The summed E-state index contributed by atoms with van der Waals surface area (Å²) < 4.78 is 42.5. The number of alkyl halides is 3. The standard InChI is InChI=1S/C9H7BrF3N3O/c1-4-5(10)3-6(17-9(11,12)13)8-7(4)14-15-16(8)2/h3H,1-2H3. The summed E-state index contributed by atoms with van der Waals surface area (Å²) >= 11 is 3.16. The largest absolute Gasteiger partial charge is 0.573 e. The Labute approximate surface area is 102 Å². The minimum Gasteiger partial charge on any atom is -0.403 e. The first-order chi connectivity index (χ1) is 7.79. The lowest BCUT2D eigenvalue weighted by Crippen LogP contribution is -2.17. The number of ether oxygens (including phenoxy) is 1. The van der Waals surface area contributed by atoms with Gasteiger partial charge in [0.05, 0.1) is 0 Å². The fourth-order valence-electron chi connectivity index (χ4n) is 1.49. The Morgan fingerprint density at radius 3 is 2.65 bits per heavy atom. The Kier molecular flexibility index (Phi) is 2.76. The zero-order chi connectivity index (χ0) is 12.8. The van der Waals surface area contributed by atoms with Crippen LogP contribution >= 0.6 is 15.9 Å². The van der Waals surface area contributed by atoms with Crippen molar-refractivity contribution in [1.82, 2.24) is 15.0 Å². The van der Waals surface area contributed by atoms with Gasteiger partial charge in [0.2, 0.25) is 0 Å². The molecule has 0 unspecified atom stereocenters. The normalized spacial score (nSPS) is 12.1. The number of nitrogens with zero attached hydrogens (tertiary/aromatic N) is 3. The molecule has 0 atom stereocenters. The molecule has 0 spiro atoms. The van der Waals surface area contributed by atoms with E-state index in [1.807, 2.05) is 0 Å². The lowest BCUT2D eigenvalue weighted by molar-refractivity contribution is -0.274. The van der Waals surface area contributed by atoms with E-state index in [2.05, 4.69) is 31.0 Å². The number of aryl methyl sites for hydroxylation is 2. The van der Waals surface area contributed by atoms with Crippen LogP contribution in [0.1, 0.15) is 5.56 Å². The highest BCUT2D eigenvalue weighted by Gasteiger charge is 2.33. The molecule has 0 amide bonds. The first-order valence-corrected chi connectivity index (χ1v) is 5.33. The van der Waals surface area contributed by atoms with E-state index in [4.69, 9.17) is 0 Å². The van der Waals surface area contributed by atoms with Crippen LogP contribution in [-0.4, -0.2) is 21.4 Å². The third kappa shape index (κ3) is 2.21. The summed E-state index contributed by atoms with van der Waals surface area (Å²) in [6.07, 6.45) is -4.74. The Bertz CT molecular complexity index is 579. The molecule has 4 nitrogen and oxygen atoms in total. The van der Waals surface area contributed by atoms with Gasteiger partial charge < -0.3 is 4.74 Å². The molecular weight excluding hydrogens is 303 g/mol. The third-order valence-electron chi connectivity index (χ3n) is 2.26. The van der Waals surface area contributed by atoms with Gasteiger partial charge in [0, 0.05) is 11.5 Å². The van der Waals surface area contributed by atoms with Gasteiger partial charge in [-0.2, -0.15) is 0 Å². The maximum Gasteiger partial charge on any atom is 0.573 e. The van der Waals surface area contributed by atoms with Gasteiger partial charge in [-0.25, -0.2) is 4.68 Å². The number of benzene rings is 1. The monoisotopic (exact) mass is 309 g/mol. The van der Waals surface area contributed by atoms with Crippen molar-refractivity contribution in [3.05, 3.63) is 16.1 Å². The fraction of sp³-hybridized carbons (Fsp3) is 0.333. The molecule has 2 rings (SSSR count). The van der Waals surface area contributed by atoms with Crippen molar-refractivity contribution in [3.8, 4) is 5.75 Å². The molecule has 0 saturated heterocycles. The van der Waals surface area contributed by atoms with E-state index in [-0.39, 0.29) is 11.3 Å². The summed E-state index contributed by atoms with van der Waals surface area (Å²) in [5, 5.41) is 7.49. The van der Waals surface area contributed by atoms with Crippen LogP contribution < -0.4 is 4.74 Å². The third-order valence-corrected chi connectivity index (χ3v) is 3.08. The number of fused-ring (bicyclic) bond motifs is 1. The van der Waals surface area contributed by atoms with Crippen molar-refractivity contribution >= 4 is 27.0 Å². The van der Waals surface area contributed by atoms with Crippen molar-refractivity contribution in [2.75, 3.05) is 0 Å². The Morgan fingerprint density at radius 1 is 1.41 bits per heavy atom. The van der Waals surface area contributed by atoms with E-state index < -0.39 is 6.36 Å². The minimum atomic E-state index is -4.74. The van der Waals surface area contributed by atoms with Gasteiger partial charge in [0.1, 0.15) is 11.0 Å². The van der Waals surface area contributed by atoms with Gasteiger partial charge in [-0.3, -0.25) is 0 Å². The molecule has 0 N–H and O–H groups in total. The molecule has 92 valence electrons. The predicted octanol–water partition coefficient (Wildman–Crippen LogP) is 2.94. The lowest BCUT2D eigenvalue weighted by Gasteiger charge is -2.11.